The quantitative estimate of drug-likeness (QED) is 0.214. The second kappa shape index (κ2) is 11.6. The molecule has 2 amide bonds. The van der Waals surface area contributed by atoms with E-state index in [-0.39, 0.29) is 41.1 Å². The number of alkyl halides is 2. The van der Waals surface area contributed by atoms with Gasteiger partial charge < -0.3 is 26.2 Å². The van der Waals surface area contributed by atoms with Gasteiger partial charge in [0, 0.05) is 27.5 Å². The SMILES string of the molecule is Nc1nc(N)c(C(=O)NC2=NCC3(CCN(C(=O)Cc4nc(-c5ccc(CI)cc5)no4)CC3)N2)nc1CI. The number of piperidine rings is 1. The summed E-state index contributed by atoms with van der Waals surface area (Å²) in [5.74, 6) is 0.680. The van der Waals surface area contributed by atoms with E-state index in [1.807, 2.05) is 24.3 Å². The number of carbonyl (C=O) groups is 2. The number of nitrogens with one attached hydrogen (secondary N) is 2. The van der Waals surface area contributed by atoms with Crippen LogP contribution in [0.5, 0.6) is 0 Å². The molecule has 1 fully saturated rings. The lowest BCUT2D eigenvalue weighted by atomic mass is 9.88. The molecule has 1 saturated heterocycles. The van der Waals surface area contributed by atoms with Gasteiger partial charge in [0.15, 0.2) is 17.5 Å². The number of rotatable bonds is 6. The van der Waals surface area contributed by atoms with Crippen LogP contribution in [0.15, 0.2) is 33.8 Å². The number of aliphatic imine (C=N–C) groups is 1. The molecule has 5 rings (SSSR count). The van der Waals surface area contributed by atoms with E-state index in [2.05, 4.69) is 80.9 Å². The summed E-state index contributed by atoms with van der Waals surface area (Å²) in [5.41, 5.74) is 13.9. The van der Waals surface area contributed by atoms with Gasteiger partial charge in [-0.05, 0) is 18.4 Å². The lowest BCUT2D eigenvalue weighted by Gasteiger charge is -2.39. The second-order valence-electron chi connectivity index (χ2n) is 9.35. The van der Waals surface area contributed by atoms with E-state index in [9.17, 15) is 9.59 Å². The number of nitrogens with zero attached hydrogens (tertiary/aromatic N) is 6. The molecule has 15 heteroatoms. The Hall–Kier alpha value is -3.09. The van der Waals surface area contributed by atoms with Crippen LogP contribution in [-0.2, 0) is 20.1 Å². The summed E-state index contributed by atoms with van der Waals surface area (Å²) in [7, 11) is 0. The van der Waals surface area contributed by atoms with Gasteiger partial charge in [-0.1, -0.05) is 74.6 Å². The third-order valence-corrected chi connectivity index (χ3v) is 8.34. The maximum absolute atomic E-state index is 12.9. The van der Waals surface area contributed by atoms with Gasteiger partial charge in [0.1, 0.15) is 12.2 Å². The third-order valence-electron chi connectivity index (χ3n) is 6.73. The van der Waals surface area contributed by atoms with Gasteiger partial charge in [-0.2, -0.15) is 4.98 Å². The van der Waals surface area contributed by atoms with E-state index in [4.69, 9.17) is 16.0 Å². The lowest BCUT2D eigenvalue weighted by Crippen LogP contribution is -2.57. The molecule has 0 atom stereocenters. The minimum atomic E-state index is -0.512. The van der Waals surface area contributed by atoms with Crippen LogP contribution in [0.1, 0.15) is 40.5 Å². The summed E-state index contributed by atoms with van der Waals surface area (Å²) < 4.78 is 6.76. The zero-order chi connectivity index (χ0) is 27.6. The first kappa shape index (κ1) is 27.5. The van der Waals surface area contributed by atoms with Crippen LogP contribution in [0.2, 0.25) is 0 Å². The Morgan fingerprint density at radius 3 is 2.49 bits per heavy atom. The zero-order valence-corrected chi connectivity index (χ0v) is 25.1. The molecule has 2 aliphatic heterocycles. The van der Waals surface area contributed by atoms with Crippen molar-refractivity contribution in [2.75, 3.05) is 31.1 Å². The van der Waals surface area contributed by atoms with E-state index >= 15 is 0 Å². The van der Waals surface area contributed by atoms with Gasteiger partial charge in [0.2, 0.25) is 17.6 Å². The fourth-order valence-corrected chi connectivity index (χ4v) is 5.53. The van der Waals surface area contributed by atoms with Gasteiger partial charge in [-0.3, -0.25) is 19.9 Å². The monoisotopic (exact) mass is 756 g/mol. The number of halogens is 2. The highest BCUT2D eigenvalue weighted by atomic mass is 127. The topological polar surface area (TPSA) is 191 Å². The number of anilines is 2. The van der Waals surface area contributed by atoms with Gasteiger partial charge in [0.25, 0.3) is 5.91 Å². The molecule has 13 nitrogen and oxygen atoms in total. The number of likely N-dealkylation sites (tertiary alicyclic amines) is 1. The number of nitrogens with two attached hydrogens (primary N) is 2. The van der Waals surface area contributed by atoms with Crippen LogP contribution >= 0.6 is 45.2 Å². The van der Waals surface area contributed by atoms with Crippen molar-refractivity contribution in [2.45, 2.75) is 33.7 Å². The molecule has 0 unspecified atom stereocenters. The van der Waals surface area contributed by atoms with E-state index in [0.29, 0.717) is 54.4 Å². The van der Waals surface area contributed by atoms with Crippen LogP contribution in [0.4, 0.5) is 11.6 Å². The first-order valence-corrected chi connectivity index (χ1v) is 15.2. The molecule has 0 radical (unpaired) electrons. The molecule has 3 aromatic rings. The maximum atomic E-state index is 12.9. The molecule has 1 spiro atoms. The molecule has 6 N–H and O–H groups in total. The van der Waals surface area contributed by atoms with Crippen molar-refractivity contribution < 1.29 is 14.1 Å². The standard InChI is InChI=1S/C24H26I2N10O3/c25-10-13-1-3-14(4-2-13)21-31-16(39-35-21)9-17(37)36-7-5-24(6-8-36)12-29-23(34-24)33-22(38)18-20(28)32-19(27)15(11-26)30-18/h1-4H,5-12H2,(H4,27,28,32)(H2,29,33,34,38). The number of carbonyl (C=O) groups excluding carboxylic acids is 2. The fourth-order valence-electron chi connectivity index (χ4n) is 4.46. The predicted octanol–water partition coefficient (Wildman–Crippen LogP) is 1.85. The minimum Gasteiger partial charge on any atom is -0.382 e. The Kier molecular flexibility index (Phi) is 8.15. The molecule has 2 aliphatic rings. The van der Waals surface area contributed by atoms with Crippen molar-refractivity contribution in [2.24, 2.45) is 4.99 Å². The molecule has 1 aromatic carbocycles. The number of hydrogen-bond acceptors (Lipinski definition) is 11. The average Bonchev–Trinajstić information content (AvgIpc) is 3.56. The van der Waals surface area contributed by atoms with Crippen molar-refractivity contribution in [3.63, 3.8) is 0 Å². The van der Waals surface area contributed by atoms with E-state index in [0.717, 1.165) is 9.99 Å². The number of aromatic nitrogens is 4. The minimum absolute atomic E-state index is 0.00330. The van der Waals surface area contributed by atoms with Crippen LogP contribution < -0.4 is 22.1 Å². The zero-order valence-electron chi connectivity index (χ0n) is 20.8. The largest absolute Gasteiger partial charge is 0.382 e. The van der Waals surface area contributed by atoms with E-state index in [1.165, 1.54) is 5.56 Å². The summed E-state index contributed by atoms with van der Waals surface area (Å²) in [5, 5.41) is 10.1. The normalized spacial score (nSPS) is 16.2. The lowest BCUT2D eigenvalue weighted by molar-refractivity contribution is -0.132. The van der Waals surface area contributed by atoms with Crippen molar-refractivity contribution in [1.29, 1.82) is 0 Å². The Morgan fingerprint density at radius 2 is 1.79 bits per heavy atom. The van der Waals surface area contributed by atoms with Crippen LogP contribution in [0.3, 0.4) is 0 Å². The molecule has 39 heavy (non-hydrogen) atoms. The second-order valence-corrected chi connectivity index (χ2v) is 10.9. The van der Waals surface area contributed by atoms with Crippen molar-refractivity contribution in [3.05, 3.63) is 47.1 Å². The highest BCUT2D eigenvalue weighted by molar-refractivity contribution is 14.1. The Balaban J connectivity index is 1.13. The molecule has 0 saturated carbocycles. The maximum Gasteiger partial charge on any atom is 0.280 e. The molecule has 2 aromatic heterocycles. The molecule has 0 bridgehead atoms. The molecule has 204 valence electrons. The molecule has 4 heterocycles. The number of amides is 2. The third kappa shape index (κ3) is 6.07. The summed E-state index contributed by atoms with van der Waals surface area (Å²) in [6, 6.07) is 7.94. The fraction of sp³-hybridized carbons (Fsp3) is 0.375. The number of nitrogen functional groups attached to an aromatic ring is 2. The average molecular weight is 756 g/mol. The summed E-state index contributed by atoms with van der Waals surface area (Å²) >= 11 is 4.40. The summed E-state index contributed by atoms with van der Waals surface area (Å²) in [6.07, 6.45) is 1.38. The van der Waals surface area contributed by atoms with Crippen molar-refractivity contribution in [3.8, 4) is 11.4 Å². The Morgan fingerprint density at radius 1 is 1.05 bits per heavy atom. The molecular weight excluding hydrogens is 730 g/mol. The first-order valence-electron chi connectivity index (χ1n) is 12.2. The first-order chi connectivity index (χ1) is 18.8. The Labute approximate surface area is 251 Å². The highest BCUT2D eigenvalue weighted by Gasteiger charge is 2.40. The van der Waals surface area contributed by atoms with Crippen molar-refractivity contribution >= 4 is 74.6 Å². The smallest absolute Gasteiger partial charge is 0.280 e. The molecule has 0 aliphatic carbocycles. The predicted molar refractivity (Wildman–Crippen MR) is 161 cm³/mol. The highest BCUT2D eigenvalue weighted by Crippen LogP contribution is 2.26. The summed E-state index contributed by atoms with van der Waals surface area (Å²) in [4.78, 5) is 44.6. The number of guanidine groups is 1. The van der Waals surface area contributed by atoms with Gasteiger partial charge in [-0.25, -0.2) is 9.97 Å². The van der Waals surface area contributed by atoms with Crippen LogP contribution in [0.25, 0.3) is 11.4 Å². The number of hydrogen-bond donors (Lipinski definition) is 4. The number of benzene rings is 1. The van der Waals surface area contributed by atoms with Gasteiger partial charge in [0.05, 0.1) is 17.8 Å². The van der Waals surface area contributed by atoms with Gasteiger partial charge in [-0.15, -0.1) is 0 Å². The summed E-state index contributed by atoms with van der Waals surface area (Å²) in [6.45, 7) is 1.56. The van der Waals surface area contributed by atoms with E-state index < -0.39 is 5.91 Å². The van der Waals surface area contributed by atoms with Crippen LogP contribution in [0, 0.1) is 0 Å². The van der Waals surface area contributed by atoms with Crippen molar-refractivity contribution in [1.82, 2.24) is 35.6 Å². The van der Waals surface area contributed by atoms with Gasteiger partial charge >= 0.3 is 0 Å². The van der Waals surface area contributed by atoms with E-state index in [1.54, 1.807) is 4.90 Å². The van der Waals surface area contributed by atoms with Crippen LogP contribution in [-0.4, -0.2) is 68.0 Å². The Bertz CT molecular complexity index is 1420. The molecular formula is C24H26I2N10O3.